The fourth-order valence-corrected chi connectivity index (χ4v) is 2.49. The molecule has 1 fully saturated rings. The van der Waals surface area contributed by atoms with Crippen LogP contribution in [0.5, 0.6) is 0 Å². The fraction of sp³-hybridized carbons (Fsp3) is 0.375. The standard InChI is InChI=1S/C16H19N5/c1-11(13-7-8-13)19-16-14(9-17)15(18)21(20-16)10-12-5-3-2-4-6-12/h2-6,11,13H,7-8,10,18H2,1H3,(H,19,20). The first-order valence-electron chi connectivity index (χ1n) is 7.26. The molecular formula is C16H19N5. The molecule has 1 aliphatic rings. The Morgan fingerprint density at radius 3 is 2.76 bits per heavy atom. The Hall–Kier alpha value is -2.48. The Kier molecular flexibility index (Phi) is 3.53. The molecule has 0 amide bonds. The summed E-state index contributed by atoms with van der Waals surface area (Å²) in [4.78, 5) is 0. The zero-order chi connectivity index (χ0) is 14.8. The summed E-state index contributed by atoms with van der Waals surface area (Å²) in [6, 6.07) is 12.5. The zero-order valence-electron chi connectivity index (χ0n) is 12.1. The van der Waals surface area contributed by atoms with Gasteiger partial charge in [0.05, 0.1) is 6.54 Å². The SMILES string of the molecule is CC(Nc1nn(Cc2ccccc2)c(N)c1C#N)C1CC1. The van der Waals surface area contributed by atoms with Crippen molar-refractivity contribution < 1.29 is 0 Å². The smallest absolute Gasteiger partial charge is 0.168 e. The van der Waals surface area contributed by atoms with Gasteiger partial charge in [0.15, 0.2) is 5.82 Å². The van der Waals surface area contributed by atoms with E-state index in [1.165, 1.54) is 12.8 Å². The van der Waals surface area contributed by atoms with Crippen LogP contribution in [0.15, 0.2) is 30.3 Å². The van der Waals surface area contributed by atoms with Crippen molar-refractivity contribution in [1.82, 2.24) is 9.78 Å². The van der Waals surface area contributed by atoms with Crippen LogP contribution >= 0.6 is 0 Å². The van der Waals surface area contributed by atoms with Gasteiger partial charge < -0.3 is 11.1 Å². The number of rotatable bonds is 5. The second kappa shape index (κ2) is 5.49. The molecule has 1 aliphatic carbocycles. The molecule has 3 N–H and O–H groups in total. The summed E-state index contributed by atoms with van der Waals surface area (Å²) >= 11 is 0. The molecule has 0 radical (unpaired) electrons. The summed E-state index contributed by atoms with van der Waals surface area (Å²) in [7, 11) is 0. The van der Waals surface area contributed by atoms with Crippen LogP contribution < -0.4 is 11.1 Å². The maximum absolute atomic E-state index is 9.32. The van der Waals surface area contributed by atoms with Crippen molar-refractivity contribution >= 4 is 11.6 Å². The Bertz CT molecular complexity index is 664. The molecule has 1 unspecified atom stereocenters. The normalized spacial score (nSPS) is 15.4. The van der Waals surface area contributed by atoms with E-state index in [2.05, 4.69) is 23.4 Å². The van der Waals surface area contributed by atoms with E-state index in [9.17, 15) is 5.26 Å². The third-order valence-electron chi connectivity index (χ3n) is 3.97. The van der Waals surface area contributed by atoms with Gasteiger partial charge in [0.25, 0.3) is 0 Å². The molecule has 0 spiro atoms. The van der Waals surface area contributed by atoms with Crippen molar-refractivity contribution in [1.29, 1.82) is 5.26 Å². The molecule has 0 bridgehead atoms. The van der Waals surface area contributed by atoms with Gasteiger partial charge in [0.1, 0.15) is 17.5 Å². The molecule has 0 aliphatic heterocycles. The number of nitrogens with two attached hydrogens (primary N) is 1. The van der Waals surface area contributed by atoms with E-state index >= 15 is 0 Å². The monoisotopic (exact) mass is 281 g/mol. The second-order valence-electron chi connectivity index (χ2n) is 5.63. The minimum atomic E-state index is 0.330. The van der Waals surface area contributed by atoms with Crippen LogP contribution in [0.3, 0.4) is 0 Å². The predicted octanol–water partition coefficient (Wildman–Crippen LogP) is 2.60. The molecule has 108 valence electrons. The van der Waals surface area contributed by atoms with Gasteiger partial charge in [0, 0.05) is 6.04 Å². The van der Waals surface area contributed by atoms with Gasteiger partial charge >= 0.3 is 0 Å². The van der Waals surface area contributed by atoms with Gasteiger partial charge in [-0.05, 0) is 31.2 Å². The first-order valence-corrected chi connectivity index (χ1v) is 7.26. The van der Waals surface area contributed by atoms with Gasteiger partial charge in [-0.15, -0.1) is 0 Å². The number of nitriles is 1. The molecule has 3 rings (SSSR count). The van der Waals surface area contributed by atoms with Crippen molar-refractivity contribution in [2.75, 3.05) is 11.1 Å². The molecule has 0 saturated heterocycles. The van der Waals surface area contributed by atoms with E-state index in [1.54, 1.807) is 4.68 Å². The lowest BCUT2D eigenvalue weighted by Gasteiger charge is -2.11. The largest absolute Gasteiger partial charge is 0.383 e. The number of aromatic nitrogens is 2. The van der Waals surface area contributed by atoms with Gasteiger partial charge in [-0.2, -0.15) is 10.4 Å². The van der Waals surface area contributed by atoms with Gasteiger partial charge in [0.2, 0.25) is 0 Å². The highest BCUT2D eigenvalue weighted by Crippen LogP contribution is 2.34. The number of anilines is 2. The minimum Gasteiger partial charge on any atom is -0.383 e. The summed E-state index contributed by atoms with van der Waals surface area (Å²) in [5, 5.41) is 17.1. The summed E-state index contributed by atoms with van der Waals surface area (Å²) in [5.74, 6) is 1.72. The van der Waals surface area contributed by atoms with Gasteiger partial charge in [-0.1, -0.05) is 30.3 Å². The fourth-order valence-electron chi connectivity index (χ4n) is 2.49. The summed E-state index contributed by atoms with van der Waals surface area (Å²) in [6.07, 6.45) is 2.49. The van der Waals surface area contributed by atoms with Crippen LogP contribution in [0, 0.1) is 17.2 Å². The van der Waals surface area contributed by atoms with Crippen molar-refractivity contribution in [3.05, 3.63) is 41.5 Å². The molecule has 1 aromatic heterocycles. The average Bonchev–Trinajstić information content (AvgIpc) is 3.29. The van der Waals surface area contributed by atoms with E-state index in [0.717, 1.165) is 5.56 Å². The molecule has 2 aromatic rings. The number of hydrogen-bond donors (Lipinski definition) is 2. The van der Waals surface area contributed by atoms with Crippen LogP contribution in [0.1, 0.15) is 30.9 Å². The summed E-state index contributed by atoms with van der Waals surface area (Å²) in [6.45, 7) is 2.70. The van der Waals surface area contributed by atoms with E-state index in [1.807, 2.05) is 30.3 Å². The summed E-state index contributed by atoms with van der Waals surface area (Å²) < 4.78 is 1.69. The van der Waals surface area contributed by atoms with Crippen molar-refractivity contribution in [2.45, 2.75) is 32.4 Å². The Balaban J connectivity index is 1.84. The number of hydrogen-bond acceptors (Lipinski definition) is 4. The minimum absolute atomic E-state index is 0.330. The molecule has 1 atom stereocenters. The Morgan fingerprint density at radius 1 is 1.43 bits per heavy atom. The molecule has 5 nitrogen and oxygen atoms in total. The molecule has 1 aromatic carbocycles. The van der Waals surface area contributed by atoms with Crippen molar-refractivity contribution in [3.8, 4) is 6.07 Å². The third kappa shape index (κ3) is 2.84. The van der Waals surface area contributed by atoms with E-state index in [-0.39, 0.29) is 0 Å². The van der Waals surface area contributed by atoms with Crippen LogP contribution in [-0.2, 0) is 6.54 Å². The van der Waals surface area contributed by atoms with Crippen LogP contribution in [0.25, 0.3) is 0 Å². The first kappa shape index (κ1) is 13.5. The van der Waals surface area contributed by atoms with Crippen LogP contribution in [-0.4, -0.2) is 15.8 Å². The number of benzene rings is 1. The number of nitrogen functional groups attached to an aromatic ring is 1. The van der Waals surface area contributed by atoms with Gasteiger partial charge in [-0.3, -0.25) is 0 Å². The number of nitrogens with zero attached hydrogens (tertiary/aromatic N) is 3. The molecule has 1 saturated carbocycles. The van der Waals surface area contributed by atoms with Crippen molar-refractivity contribution in [3.63, 3.8) is 0 Å². The topological polar surface area (TPSA) is 79.7 Å². The molecule has 5 heteroatoms. The molecule has 1 heterocycles. The zero-order valence-corrected chi connectivity index (χ0v) is 12.1. The first-order chi connectivity index (χ1) is 10.2. The highest BCUT2D eigenvalue weighted by atomic mass is 15.3. The van der Waals surface area contributed by atoms with Crippen molar-refractivity contribution in [2.24, 2.45) is 5.92 Å². The Labute approximate surface area is 124 Å². The molecular weight excluding hydrogens is 262 g/mol. The van der Waals surface area contributed by atoms with E-state index < -0.39 is 0 Å². The predicted molar refractivity (Wildman–Crippen MR) is 82.7 cm³/mol. The Morgan fingerprint density at radius 2 is 2.14 bits per heavy atom. The van der Waals surface area contributed by atoms with E-state index in [0.29, 0.717) is 35.7 Å². The van der Waals surface area contributed by atoms with Gasteiger partial charge in [-0.25, -0.2) is 4.68 Å². The maximum atomic E-state index is 9.32. The van der Waals surface area contributed by atoms with Crippen LogP contribution in [0.4, 0.5) is 11.6 Å². The highest BCUT2D eigenvalue weighted by molar-refractivity contribution is 5.64. The number of nitrogens with one attached hydrogen (secondary N) is 1. The quantitative estimate of drug-likeness (QED) is 0.882. The van der Waals surface area contributed by atoms with Crippen LogP contribution in [0.2, 0.25) is 0 Å². The lowest BCUT2D eigenvalue weighted by atomic mass is 10.2. The lowest BCUT2D eigenvalue weighted by Crippen LogP contribution is -2.18. The molecule has 21 heavy (non-hydrogen) atoms. The third-order valence-corrected chi connectivity index (χ3v) is 3.97. The average molecular weight is 281 g/mol. The summed E-state index contributed by atoms with van der Waals surface area (Å²) in [5.41, 5.74) is 7.62. The highest BCUT2D eigenvalue weighted by Gasteiger charge is 2.29. The van der Waals surface area contributed by atoms with E-state index in [4.69, 9.17) is 5.73 Å². The lowest BCUT2D eigenvalue weighted by molar-refractivity contribution is 0.669. The maximum Gasteiger partial charge on any atom is 0.168 e. The second-order valence-corrected chi connectivity index (χ2v) is 5.63.